The number of aromatic nitrogens is 4. The average molecular weight is 325 g/mol. The molecule has 4 rings (SSSR count). The lowest BCUT2D eigenvalue weighted by atomic mass is 10.0. The highest BCUT2D eigenvalue weighted by Gasteiger charge is 2.15. The topological polar surface area (TPSA) is 43.1 Å². The van der Waals surface area contributed by atoms with Gasteiger partial charge in [0.05, 0.1) is 10.7 Å². The van der Waals surface area contributed by atoms with Crippen molar-refractivity contribution in [1.29, 1.82) is 0 Å². The summed E-state index contributed by atoms with van der Waals surface area (Å²) < 4.78 is 16.1. The molecule has 3 aromatic heterocycles. The Morgan fingerprint density at radius 2 is 1.83 bits per heavy atom. The van der Waals surface area contributed by atoms with Crippen molar-refractivity contribution in [3.8, 4) is 22.4 Å². The molecule has 1 aromatic carbocycles. The summed E-state index contributed by atoms with van der Waals surface area (Å²) in [4.78, 5) is 8.47. The summed E-state index contributed by atoms with van der Waals surface area (Å²) in [5.74, 6) is -0.476. The van der Waals surface area contributed by atoms with Crippen LogP contribution in [0.25, 0.3) is 28.0 Å². The standard InChI is InChI=1S/C17H10ClFN4/c18-14-5-1-3-13(16(14)19)17-12(4-2-8-20-17)11-6-7-15-21-10-22-23(15)9-11/h1-10H. The first-order chi connectivity index (χ1) is 11.2. The van der Waals surface area contributed by atoms with Gasteiger partial charge >= 0.3 is 0 Å². The molecule has 0 N–H and O–H groups in total. The van der Waals surface area contributed by atoms with Crippen LogP contribution >= 0.6 is 11.6 Å². The molecule has 0 saturated heterocycles. The van der Waals surface area contributed by atoms with Crippen molar-refractivity contribution >= 4 is 17.2 Å². The number of nitrogens with zero attached hydrogens (tertiary/aromatic N) is 4. The van der Waals surface area contributed by atoms with Crippen molar-refractivity contribution in [1.82, 2.24) is 19.6 Å². The predicted octanol–water partition coefficient (Wildman–Crippen LogP) is 4.25. The molecular formula is C17H10ClFN4. The molecule has 0 saturated carbocycles. The van der Waals surface area contributed by atoms with Gasteiger partial charge in [-0.1, -0.05) is 23.7 Å². The summed E-state index contributed by atoms with van der Waals surface area (Å²) in [6.45, 7) is 0. The minimum atomic E-state index is -0.476. The van der Waals surface area contributed by atoms with Crippen LogP contribution in [-0.2, 0) is 0 Å². The van der Waals surface area contributed by atoms with E-state index in [1.54, 1.807) is 22.8 Å². The zero-order valence-electron chi connectivity index (χ0n) is 11.8. The molecule has 0 aliphatic heterocycles. The Labute approximate surface area is 136 Å². The van der Waals surface area contributed by atoms with Crippen molar-refractivity contribution in [3.05, 3.63) is 72.0 Å². The monoisotopic (exact) mass is 324 g/mol. The maximum atomic E-state index is 14.4. The fraction of sp³-hybridized carbons (Fsp3) is 0. The first kappa shape index (κ1) is 13.8. The summed E-state index contributed by atoms with van der Waals surface area (Å²) in [5.41, 5.74) is 3.31. The Hall–Kier alpha value is -2.79. The zero-order valence-corrected chi connectivity index (χ0v) is 12.6. The van der Waals surface area contributed by atoms with E-state index in [1.807, 2.05) is 30.5 Å². The number of benzene rings is 1. The van der Waals surface area contributed by atoms with Gasteiger partial charge in [0.25, 0.3) is 0 Å². The average Bonchev–Trinajstić information content (AvgIpc) is 3.05. The molecule has 0 radical (unpaired) electrons. The number of halogens is 2. The first-order valence-electron chi connectivity index (χ1n) is 6.93. The quantitative estimate of drug-likeness (QED) is 0.553. The summed E-state index contributed by atoms with van der Waals surface area (Å²) in [6, 6.07) is 12.4. The predicted molar refractivity (Wildman–Crippen MR) is 86.6 cm³/mol. The summed E-state index contributed by atoms with van der Waals surface area (Å²) in [6.07, 6.45) is 4.96. The van der Waals surface area contributed by atoms with E-state index < -0.39 is 5.82 Å². The summed E-state index contributed by atoms with van der Waals surface area (Å²) >= 11 is 5.90. The largest absolute Gasteiger partial charge is 0.255 e. The van der Waals surface area contributed by atoms with Gasteiger partial charge in [-0.25, -0.2) is 13.9 Å². The van der Waals surface area contributed by atoms with Crippen molar-refractivity contribution in [2.45, 2.75) is 0 Å². The number of hydrogen-bond acceptors (Lipinski definition) is 3. The van der Waals surface area contributed by atoms with Gasteiger partial charge in [-0.15, -0.1) is 0 Å². The fourth-order valence-electron chi connectivity index (χ4n) is 2.52. The summed E-state index contributed by atoms with van der Waals surface area (Å²) in [7, 11) is 0. The highest BCUT2D eigenvalue weighted by atomic mass is 35.5. The lowest BCUT2D eigenvalue weighted by Crippen LogP contribution is -1.94. The van der Waals surface area contributed by atoms with Crippen molar-refractivity contribution in [3.63, 3.8) is 0 Å². The molecule has 0 aliphatic rings. The van der Waals surface area contributed by atoms with Crippen LogP contribution in [0.1, 0.15) is 0 Å². The third-order valence-electron chi connectivity index (χ3n) is 3.60. The highest BCUT2D eigenvalue weighted by molar-refractivity contribution is 6.31. The molecule has 0 spiro atoms. The summed E-state index contributed by atoms with van der Waals surface area (Å²) in [5, 5.41) is 4.20. The van der Waals surface area contributed by atoms with Crippen molar-refractivity contribution in [2.24, 2.45) is 0 Å². The maximum Gasteiger partial charge on any atom is 0.155 e. The van der Waals surface area contributed by atoms with Gasteiger partial charge in [-0.3, -0.25) is 4.98 Å². The molecule has 0 fully saturated rings. The fourth-order valence-corrected chi connectivity index (χ4v) is 2.69. The van der Waals surface area contributed by atoms with Crippen molar-refractivity contribution in [2.75, 3.05) is 0 Å². The molecule has 4 aromatic rings. The Kier molecular flexibility index (Phi) is 3.28. The van der Waals surface area contributed by atoms with Crippen LogP contribution in [0.5, 0.6) is 0 Å². The van der Waals surface area contributed by atoms with Gasteiger partial charge in [0, 0.05) is 29.1 Å². The van der Waals surface area contributed by atoms with Gasteiger partial charge in [-0.05, 0) is 30.3 Å². The van der Waals surface area contributed by atoms with Gasteiger partial charge in [0.1, 0.15) is 6.33 Å². The van der Waals surface area contributed by atoms with Gasteiger partial charge in [0.2, 0.25) is 0 Å². The maximum absolute atomic E-state index is 14.4. The molecule has 4 nitrogen and oxygen atoms in total. The molecule has 0 atom stereocenters. The minimum Gasteiger partial charge on any atom is -0.255 e. The first-order valence-corrected chi connectivity index (χ1v) is 7.31. The third-order valence-corrected chi connectivity index (χ3v) is 3.89. The molecule has 0 aliphatic carbocycles. The second-order valence-electron chi connectivity index (χ2n) is 4.98. The molecule has 3 heterocycles. The van der Waals surface area contributed by atoms with Crippen LogP contribution in [0.15, 0.2) is 61.2 Å². The van der Waals surface area contributed by atoms with Gasteiger partial charge in [0.15, 0.2) is 11.5 Å². The number of pyridine rings is 2. The minimum absolute atomic E-state index is 0.0748. The van der Waals surface area contributed by atoms with E-state index in [2.05, 4.69) is 15.1 Å². The SMILES string of the molecule is Fc1c(Cl)cccc1-c1ncccc1-c1ccc2ncnn2c1. The lowest BCUT2D eigenvalue weighted by Gasteiger charge is -2.10. The third kappa shape index (κ3) is 2.35. The van der Waals surface area contributed by atoms with E-state index in [9.17, 15) is 4.39 Å². The van der Waals surface area contributed by atoms with Crippen LogP contribution in [-0.4, -0.2) is 19.6 Å². The zero-order chi connectivity index (χ0) is 15.8. The van der Waals surface area contributed by atoms with E-state index >= 15 is 0 Å². The van der Waals surface area contributed by atoms with E-state index in [1.165, 1.54) is 12.4 Å². The second-order valence-corrected chi connectivity index (χ2v) is 5.39. The normalized spacial score (nSPS) is 11.0. The van der Waals surface area contributed by atoms with Crippen LogP contribution < -0.4 is 0 Å². The van der Waals surface area contributed by atoms with Gasteiger partial charge < -0.3 is 0 Å². The Bertz CT molecular complexity index is 1010. The van der Waals surface area contributed by atoms with Crippen molar-refractivity contribution < 1.29 is 4.39 Å². The van der Waals surface area contributed by atoms with E-state index in [4.69, 9.17) is 11.6 Å². The Morgan fingerprint density at radius 3 is 2.74 bits per heavy atom. The highest BCUT2D eigenvalue weighted by Crippen LogP contribution is 2.33. The molecule has 0 unspecified atom stereocenters. The number of fused-ring (bicyclic) bond motifs is 1. The second kappa shape index (κ2) is 5.44. The molecule has 0 bridgehead atoms. The Balaban J connectivity index is 1.94. The molecule has 112 valence electrons. The van der Waals surface area contributed by atoms with Crippen LogP contribution in [0, 0.1) is 5.82 Å². The van der Waals surface area contributed by atoms with Crippen LogP contribution in [0.3, 0.4) is 0 Å². The molecule has 23 heavy (non-hydrogen) atoms. The van der Waals surface area contributed by atoms with E-state index in [-0.39, 0.29) is 5.02 Å². The number of hydrogen-bond donors (Lipinski definition) is 0. The molecular weight excluding hydrogens is 315 g/mol. The smallest absolute Gasteiger partial charge is 0.155 e. The lowest BCUT2D eigenvalue weighted by molar-refractivity contribution is 0.631. The number of rotatable bonds is 2. The van der Waals surface area contributed by atoms with Crippen LogP contribution in [0.2, 0.25) is 5.02 Å². The molecule has 6 heteroatoms. The van der Waals surface area contributed by atoms with Gasteiger partial charge in [-0.2, -0.15) is 5.10 Å². The Morgan fingerprint density at radius 1 is 0.957 bits per heavy atom. The van der Waals surface area contributed by atoms with E-state index in [0.29, 0.717) is 11.3 Å². The molecule has 0 amide bonds. The van der Waals surface area contributed by atoms with E-state index in [0.717, 1.165) is 16.8 Å². The van der Waals surface area contributed by atoms with Crippen LogP contribution in [0.4, 0.5) is 4.39 Å².